The molecule has 0 aromatic heterocycles. The highest BCUT2D eigenvalue weighted by molar-refractivity contribution is 5.94. The van der Waals surface area contributed by atoms with Crippen LogP contribution in [0.25, 0.3) is 0 Å². The summed E-state index contributed by atoms with van der Waals surface area (Å²) in [4.78, 5) is 43.7. The molecule has 0 heterocycles. The zero-order valence-electron chi connectivity index (χ0n) is 20.2. The molecule has 0 aliphatic carbocycles. The minimum Gasteiger partial charge on any atom is -0.463 e. The number of carbonyl (C=O) groups excluding carboxylic acids is 4. The lowest BCUT2D eigenvalue weighted by Crippen LogP contribution is -2.16. The van der Waals surface area contributed by atoms with Gasteiger partial charge in [-0.1, -0.05) is 0 Å². The fourth-order valence-corrected chi connectivity index (χ4v) is 2.14. The molecule has 0 aliphatic rings. The summed E-state index contributed by atoms with van der Waals surface area (Å²) in [6, 6.07) is 0. The van der Waals surface area contributed by atoms with Gasteiger partial charge >= 0.3 is 11.9 Å². The van der Waals surface area contributed by atoms with Crippen LogP contribution in [0.5, 0.6) is 0 Å². The van der Waals surface area contributed by atoms with Crippen LogP contribution in [0.3, 0.4) is 0 Å². The summed E-state index contributed by atoms with van der Waals surface area (Å²) in [6.07, 6.45) is -0.434. The van der Waals surface area contributed by atoms with E-state index in [9.17, 15) is 19.2 Å². The molecule has 0 saturated carbocycles. The van der Waals surface area contributed by atoms with Gasteiger partial charge in [0.15, 0.2) is 0 Å². The van der Waals surface area contributed by atoms with Gasteiger partial charge < -0.3 is 37.9 Å². The van der Waals surface area contributed by atoms with Gasteiger partial charge in [-0.25, -0.2) is 0 Å². The molecule has 0 fully saturated rings. The molecule has 0 aromatic rings. The van der Waals surface area contributed by atoms with Crippen LogP contribution in [0.4, 0.5) is 0 Å². The van der Waals surface area contributed by atoms with E-state index in [1.165, 1.54) is 13.8 Å². The van der Waals surface area contributed by atoms with Crippen molar-refractivity contribution >= 4 is 23.5 Å². The van der Waals surface area contributed by atoms with Gasteiger partial charge in [-0.15, -0.1) is 0 Å². The van der Waals surface area contributed by atoms with Gasteiger partial charge in [0.2, 0.25) is 0 Å². The lowest BCUT2D eigenvalue weighted by Gasteiger charge is -2.08. The van der Waals surface area contributed by atoms with Crippen molar-refractivity contribution in [2.75, 3.05) is 92.5 Å². The molecule has 0 unspecified atom stereocenters. The van der Waals surface area contributed by atoms with Gasteiger partial charge in [-0.2, -0.15) is 0 Å². The van der Waals surface area contributed by atoms with E-state index in [2.05, 4.69) is 0 Å². The molecule has 0 N–H and O–H groups in total. The summed E-state index contributed by atoms with van der Waals surface area (Å²) in [5.41, 5.74) is 0. The van der Waals surface area contributed by atoms with Crippen LogP contribution in [0.15, 0.2) is 0 Å². The maximum absolute atomic E-state index is 11.1. The topological polar surface area (TPSA) is 142 Å². The van der Waals surface area contributed by atoms with Crippen molar-refractivity contribution in [1.82, 2.24) is 0 Å². The third-order valence-electron chi connectivity index (χ3n) is 3.63. The summed E-state index contributed by atoms with van der Waals surface area (Å²) in [7, 11) is 0. The van der Waals surface area contributed by atoms with E-state index in [0.717, 1.165) is 0 Å². The lowest BCUT2D eigenvalue weighted by atomic mass is 10.3. The molecule has 0 saturated heterocycles. The molecule has 0 amide bonds. The third-order valence-corrected chi connectivity index (χ3v) is 3.63. The SMILES string of the molecule is CC(=O)CC(=O)OCCOCCOCCOCCOCCOCCOCCOC(=O)CC(C)=O. The van der Waals surface area contributed by atoms with Gasteiger partial charge in [0.05, 0.1) is 79.3 Å². The van der Waals surface area contributed by atoms with Crippen molar-refractivity contribution in [1.29, 1.82) is 0 Å². The van der Waals surface area contributed by atoms with E-state index in [1.807, 2.05) is 0 Å². The van der Waals surface area contributed by atoms with Crippen molar-refractivity contribution in [2.45, 2.75) is 26.7 Å². The average Bonchev–Trinajstić information content (AvgIpc) is 2.76. The number of Topliss-reactive ketones (excluding diaryl/α,β-unsaturated/α-hetero) is 2. The Bertz CT molecular complexity index is 504. The molecule has 0 aromatic carbocycles. The maximum Gasteiger partial charge on any atom is 0.313 e. The number of esters is 2. The second-order valence-corrected chi connectivity index (χ2v) is 6.87. The Labute approximate surface area is 200 Å². The molecular weight excluding hydrogens is 456 g/mol. The van der Waals surface area contributed by atoms with Crippen molar-refractivity contribution in [3.63, 3.8) is 0 Å². The molecular formula is C22H38O12. The van der Waals surface area contributed by atoms with Gasteiger partial charge in [-0.3, -0.25) is 19.2 Å². The monoisotopic (exact) mass is 494 g/mol. The number of hydrogen-bond donors (Lipinski definition) is 0. The van der Waals surface area contributed by atoms with Crippen molar-refractivity contribution in [2.24, 2.45) is 0 Å². The van der Waals surface area contributed by atoms with Gasteiger partial charge in [0.25, 0.3) is 0 Å². The molecule has 0 spiro atoms. The fraction of sp³-hybridized carbons (Fsp3) is 0.818. The van der Waals surface area contributed by atoms with Crippen molar-refractivity contribution < 1.29 is 57.1 Å². The van der Waals surface area contributed by atoms with E-state index in [-0.39, 0.29) is 50.8 Å². The molecule has 0 bridgehead atoms. The van der Waals surface area contributed by atoms with Gasteiger partial charge in [0, 0.05) is 0 Å². The van der Waals surface area contributed by atoms with Crippen molar-refractivity contribution in [3.05, 3.63) is 0 Å². The van der Waals surface area contributed by atoms with E-state index in [0.29, 0.717) is 66.1 Å². The number of rotatable bonds is 25. The van der Waals surface area contributed by atoms with Crippen LogP contribution < -0.4 is 0 Å². The lowest BCUT2D eigenvalue weighted by molar-refractivity contribution is -0.148. The fourth-order valence-electron chi connectivity index (χ4n) is 2.14. The predicted octanol–water partition coefficient (Wildman–Crippen LogP) is 0.131. The average molecular weight is 495 g/mol. The second-order valence-electron chi connectivity index (χ2n) is 6.87. The Morgan fingerprint density at radius 2 is 0.588 bits per heavy atom. The summed E-state index contributed by atoms with van der Waals surface area (Å²) < 4.78 is 41.5. The predicted molar refractivity (Wildman–Crippen MR) is 117 cm³/mol. The molecule has 34 heavy (non-hydrogen) atoms. The standard InChI is InChI=1S/C22H38O12/c1-19(23)17-21(25)33-15-13-31-11-9-29-7-5-27-3-4-28-6-8-30-10-12-32-14-16-34-22(26)18-20(2)24/h3-18H2,1-2H3. The van der Waals surface area contributed by atoms with Crippen LogP contribution in [-0.4, -0.2) is 116 Å². The molecule has 0 aliphatic heterocycles. The smallest absolute Gasteiger partial charge is 0.313 e. The first kappa shape index (κ1) is 32.0. The van der Waals surface area contributed by atoms with Crippen LogP contribution in [0.2, 0.25) is 0 Å². The van der Waals surface area contributed by atoms with Crippen LogP contribution >= 0.6 is 0 Å². The number of carbonyl (C=O) groups is 4. The Morgan fingerprint density at radius 1 is 0.382 bits per heavy atom. The minimum absolute atomic E-state index is 0.108. The summed E-state index contributed by atoms with van der Waals surface area (Å²) in [5.74, 6) is -1.56. The van der Waals surface area contributed by atoms with Crippen LogP contribution in [0.1, 0.15) is 26.7 Å². The second kappa shape index (κ2) is 24.2. The first-order chi connectivity index (χ1) is 16.4. The number of ketones is 2. The zero-order valence-corrected chi connectivity index (χ0v) is 20.2. The summed E-state index contributed by atoms with van der Waals surface area (Å²) >= 11 is 0. The van der Waals surface area contributed by atoms with E-state index >= 15 is 0 Å². The maximum atomic E-state index is 11.1. The van der Waals surface area contributed by atoms with E-state index in [1.54, 1.807) is 0 Å². The van der Waals surface area contributed by atoms with Crippen molar-refractivity contribution in [3.8, 4) is 0 Å². The minimum atomic E-state index is -0.548. The first-order valence-corrected chi connectivity index (χ1v) is 11.2. The molecule has 0 radical (unpaired) electrons. The van der Waals surface area contributed by atoms with E-state index < -0.39 is 11.9 Å². The van der Waals surface area contributed by atoms with Gasteiger partial charge in [-0.05, 0) is 13.8 Å². The summed E-state index contributed by atoms with van der Waals surface area (Å²) in [5, 5.41) is 0. The largest absolute Gasteiger partial charge is 0.463 e. The molecule has 0 rings (SSSR count). The van der Waals surface area contributed by atoms with E-state index in [4.69, 9.17) is 37.9 Å². The highest BCUT2D eigenvalue weighted by Gasteiger charge is 2.06. The highest BCUT2D eigenvalue weighted by atomic mass is 16.6. The molecule has 198 valence electrons. The zero-order chi connectivity index (χ0) is 25.3. The third kappa shape index (κ3) is 26.3. The first-order valence-electron chi connectivity index (χ1n) is 11.2. The number of hydrogen-bond acceptors (Lipinski definition) is 12. The Morgan fingerprint density at radius 3 is 0.794 bits per heavy atom. The molecule has 0 atom stereocenters. The molecule has 12 nitrogen and oxygen atoms in total. The summed E-state index contributed by atoms with van der Waals surface area (Å²) in [6.45, 7) is 7.50. The van der Waals surface area contributed by atoms with Crippen LogP contribution in [-0.2, 0) is 57.1 Å². The Hall–Kier alpha value is -1.96. The van der Waals surface area contributed by atoms with Crippen LogP contribution in [0, 0.1) is 0 Å². The van der Waals surface area contributed by atoms with Gasteiger partial charge in [0.1, 0.15) is 37.6 Å². The Balaban J connectivity index is 3.14. The number of ether oxygens (including phenoxy) is 8. The normalized spacial score (nSPS) is 10.8. The highest BCUT2D eigenvalue weighted by Crippen LogP contribution is 1.90. The Kier molecular flexibility index (Phi) is 22.8. The molecule has 12 heteroatoms. The quantitative estimate of drug-likeness (QED) is 0.0967.